The lowest BCUT2D eigenvalue weighted by Gasteiger charge is -2.23. The number of carbonyl (C=O) groups excluding carboxylic acids is 1. The minimum atomic E-state index is 0. The number of likely N-dealkylation sites (tertiary alicyclic amines) is 1. The molecule has 4 heteroatoms. The third-order valence-corrected chi connectivity index (χ3v) is 4.15. The highest BCUT2D eigenvalue weighted by Gasteiger charge is 2.33. The number of amides is 1. The van der Waals surface area contributed by atoms with Crippen LogP contribution in [0.25, 0.3) is 0 Å². The average molecular weight is 297 g/mol. The van der Waals surface area contributed by atoms with E-state index >= 15 is 0 Å². The standard InChI is InChI=1S/C16H24N2O.ClH/c1-10-5-11(2)15(12(3)6-10)16(19)18-9-14(8-17)7-13(18)4;/h5-6,13-14H,7-9,17H2,1-4H3;1H. The highest BCUT2D eigenvalue weighted by Crippen LogP contribution is 2.26. The average Bonchev–Trinajstić information content (AvgIpc) is 2.69. The molecule has 2 unspecified atom stereocenters. The summed E-state index contributed by atoms with van der Waals surface area (Å²) in [6.07, 6.45) is 1.02. The summed E-state index contributed by atoms with van der Waals surface area (Å²) >= 11 is 0. The first-order valence-electron chi connectivity index (χ1n) is 7.03. The van der Waals surface area contributed by atoms with Gasteiger partial charge in [0.25, 0.3) is 5.91 Å². The molecule has 1 heterocycles. The van der Waals surface area contributed by atoms with Gasteiger partial charge in [-0.3, -0.25) is 4.79 Å². The summed E-state index contributed by atoms with van der Waals surface area (Å²) in [6.45, 7) is 9.69. The van der Waals surface area contributed by atoms with Crippen molar-refractivity contribution in [3.63, 3.8) is 0 Å². The van der Waals surface area contributed by atoms with E-state index in [1.54, 1.807) is 0 Å². The highest BCUT2D eigenvalue weighted by atomic mass is 35.5. The van der Waals surface area contributed by atoms with Gasteiger partial charge in [0.2, 0.25) is 0 Å². The third-order valence-electron chi connectivity index (χ3n) is 4.15. The molecule has 3 nitrogen and oxygen atoms in total. The molecule has 0 radical (unpaired) electrons. The second-order valence-corrected chi connectivity index (χ2v) is 5.92. The van der Waals surface area contributed by atoms with Crippen LogP contribution in [0.3, 0.4) is 0 Å². The van der Waals surface area contributed by atoms with Crippen molar-refractivity contribution in [1.29, 1.82) is 0 Å². The minimum Gasteiger partial charge on any atom is -0.336 e. The number of carbonyl (C=O) groups is 1. The number of aryl methyl sites for hydroxylation is 3. The molecule has 112 valence electrons. The van der Waals surface area contributed by atoms with Crippen molar-refractivity contribution >= 4 is 18.3 Å². The molecule has 2 N–H and O–H groups in total. The van der Waals surface area contributed by atoms with E-state index in [1.165, 1.54) is 5.56 Å². The van der Waals surface area contributed by atoms with Crippen molar-refractivity contribution in [2.24, 2.45) is 11.7 Å². The summed E-state index contributed by atoms with van der Waals surface area (Å²) in [5, 5.41) is 0. The fraction of sp³-hybridized carbons (Fsp3) is 0.562. The maximum absolute atomic E-state index is 12.8. The van der Waals surface area contributed by atoms with Crippen molar-refractivity contribution in [2.45, 2.75) is 40.2 Å². The fourth-order valence-electron chi connectivity index (χ4n) is 3.26. The van der Waals surface area contributed by atoms with Crippen molar-refractivity contribution < 1.29 is 4.79 Å². The van der Waals surface area contributed by atoms with Crippen LogP contribution in [0, 0.1) is 26.7 Å². The Kier molecular flexibility index (Phi) is 5.60. The molecule has 0 spiro atoms. The van der Waals surface area contributed by atoms with Crippen LogP contribution in [0.5, 0.6) is 0 Å². The molecule has 1 aliphatic rings. The Hall–Kier alpha value is -1.06. The summed E-state index contributed by atoms with van der Waals surface area (Å²) in [5.74, 6) is 0.614. The number of benzene rings is 1. The number of nitrogens with two attached hydrogens (primary N) is 1. The molecule has 1 aromatic carbocycles. The minimum absolute atomic E-state index is 0. The molecule has 20 heavy (non-hydrogen) atoms. The lowest BCUT2D eigenvalue weighted by atomic mass is 9.98. The lowest BCUT2D eigenvalue weighted by molar-refractivity contribution is 0.0742. The molecule has 0 aromatic heterocycles. The van der Waals surface area contributed by atoms with E-state index in [0.717, 1.165) is 29.7 Å². The van der Waals surface area contributed by atoms with E-state index in [2.05, 4.69) is 26.0 Å². The van der Waals surface area contributed by atoms with Gasteiger partial charge in [0.05, 0.1) is 0 Å². The SMILES string of the molecule is Cc1cc(C)c(C(=O)N2CC(CN)CC2C)c(C)c1.Cl. The summed E-state index contributed by atoms with van der Waals surface area (Å²) in [5.41, 5.74) is 9.97. The van der Waals surface area contributed by atoms with Crippen LogP contribution in [0.4, 0.5) is 0 Å². The molecule has 1 aliphatic heterocycles. The van der Waals surface area contributed by atoms with Crippen LogP contribution in [0.15, 0.2) is 12.1 Å². The number of hydrogen-bond acceptors (Lipinski definition) is 2. The zero-order valence-corrected chi connectivity index (χ0v) is 13.6. The molecular formula is C16H25ClN2O. The monoisotopic (exact) mass is 296 g/mol. The van der Waals surface area contributed by atoms with Crippen LogP contribution in [0.2, 0.25) is 0 Å². The van der Waals surface area contributed by atoms with Crippen molar-refractivity contribution in [2.75, 3.05) is 13.1 Å². The summed E-state index contributed by atoms with van der Waals surface area (Å²) in [4.78, 5) is 14.7. The summed E-state index contributed by atoms with van der Waals surface area (Å²) < 4.78 is 0. The van der Waals surface area contributed by atoms with Gasteiger partial charge >= 0.3 is 0 Å². The van der Waals surface area contributed by atoms with Crippen LogP contribution in [-0.2, 0) is 0 Å². The van der Waals surface area contributed by atoms with Crippen LogP contribution >= 0.6 is 12.4 Å². The Morgan fingerprint density at radius 1 is 1.30 bits per heavy atom. The normalized spacial score (nSPS) is 21.8. The van der Waals surface area contributed by atoms with E-state index in [9.17, 15) is 4.79 Å². The number of nitrogens with zero attached hydrogens (tertiary/aromatic N) is 1. The summed E-state index contributed by atoms with van der Waals surface area (Å²) in [7, 11) is 0. The Labute approximate surface area is 127 Å². The first kappa shape index (κ1) is 17.0. The van der Waals surface area contributed by atoms with Crippen LogP contribution in [0.1, 0.15) is 40.4 Å². The second kappa shape index (κ2) is 6.59. The molecule has 2 atom stereocenters. The first-order valence-corrected chi connectivity index (χ1v) is 7.03. The molecule has 1 aromatic rings. The Balaban J connectivity index is 0.00000200. The molecule has 0 saturated carbocycles. The van der Waals surface area contributed by atoms with Crippen molar-refractivity contribution in [1.82, 2.24) is 4.90 Å². The first-order chi connectivity index (χ1) is 8.93. The quantitative estimate of drug-likeness (QED) is 0.912. The number of halogens is 1. The second-order valence-electron chi connectivity index (χ2n) is 5.92. The van der Waals surface area contributed by atoms with Crippen molar-refractivity contribution in [3.05, 3.63) is 34.4 Å². The van der Waals surface area contributed by atoms with Gasteiger partial charge in [0, 0.05) is 18.2 Å². The number of hydrogen-bond donors (Lipinski definition) is 1. The maximum atomic E-state index is 12.8. The van der Waals surface area contributed by atoms with Gasteiger partial charge in [-0.2, -0.15) is 0 Å². The molecule has 1 saturated heterocycles. The topological polar surface area (TPSA) is 46.3 Å². The van der Waals surface area contributed by atoms with Gasteiger partial charge < -0.3 is 10.6 Å². The smallest absolute Gasteiger partial charge is 0.254 e. The van der Waals surface area contributed by atoms with E-state index < -0.39 is 0 Å². The Morgan fingerprint density at radius 2 is 1.85 bits per heavy atom. The van der Waals surface area contributed by atoms with E-state index in [4.69, 9.17) is 5.73 Å². The van der Waals surface area contributed by atoms with E-state index in [0.29, 0.717) is 18.5 Å². The van der Waals surface area contributed by atoms with Crippen molar-refractivity contribution in [3.8, 4) is 0 Å². The van der Waals surface area contributed by atoms with E-state index in [1.807, 2.05) is 18.7 Å². The van der Waals surface area contributed by atoms with Gasteiger partial charge in [-0.1, -0.05) is 17.7 Å². The molecule has 1 amide bonds. The fourth-order valence-corrected chi connectivity index (χ4v) is 3.26. The van der Waals surface area contributed by atoms with Gasteiger partial charge in [0.15, 0.2) is 0 Å². The lowest BCUT2D eigenvalue weighted by Crippen LogP contribution is -2.35. The summed E-state index contributed by atoms with van der Waals surface area (Å²) in [6, 6.07) is 4.46. The highest BCUT2D eigenvalue weighted by molar-refractivity contribution is 5.97. The molecule has 1 fully saturated rings. The third kappa shape index (κ3) is 3.15. The zero-order chi connectivity index (χ0) is 14.2. The zero-order valence-electron chi connectivity index (χ0n) is 12.8. The maximum Gasteiger partial charge on any atom is 0.254 e. The Morgan fingerprint density at radius 3 is 2.30 bits per heavy atom. The molecule has 0 bridgehead atoms. The largest absolute Gasteiger partial charge is 0.336 e. The van der Waals surface area contributed by atoms with Gasteiger partial charge in [-0.25, -0.2) is 0 Å². The number of rotatable bonds is 2. The van der Waals surface area contributed by atoms with Crippen LogP contribution in [-0.4, -0.2) is 29.9 Å². The van der Waals surface area contributed by atoms with Gasteiger partial charge in [-0.05, 0) is 57.7 Å². The van der Waals surface area contributed by atoms with E-state index in [-0.39, 0.29) is 18.3 Å². The molecule has 2 rings (SSSR count). The van der Waals surface area contributed by atoms with Gasteiger partial charge in [0.1, 0.15) is 0 Å². The predicted molar refractivity (Wildman–Crippen MR) is 85.6 cm³/mol. The van der Waals surface area contributed by atoms with Crippen LogP contribution < -0.4 is 5.73 Å². The predicted octanol–water partition coefficient (Wildman–Crippen LogP) is 2.84. The molecule has 0 aliphatic carbocycles. The Bertz CT molecular complexity index is 478. The molecular weight excluding hydrogens is 272 g/mol. The van der Waals surface area contributed by atoms with Gasteiger partial charge in [-0.15, -0.1) is 12.4 Å².